The maximum absolute atomic E-state index is 12.9. The van der Waals surface area contributed by atoms with Gasteiger partial charge in [0.05, 0.1) is 12.3 Å². The first-order valence-corrected chi connectivity index (χ1v) is 11.6. The summed E-state index contributed by atoms with van der Waals surface area (Å²) in [5.74, 6) is 2.51. The summed E-state index contributed by atoms with van der Waals surface area (Å²) < 4.78 is 44.8. The van der Waals surface area contributed by atoms with Gasteiger partial charge in [-0.15, -0.1) is 0 Å². The van der Waals surface area contributed by atoms with Crippen LogP contribution in [0.3, 0.4) is 0 Å². The minimum Gasteiger partial charge on any atom is -0.489 e. The van der Waals surface area contributed by atoms with E-state index in [0.717, 1.165) is 11.5 Å². The van der Waals surface area contributed by atoms with Crippen LogP contribution in [0.5, 0.6) is 5.75 Å². The number of hydrogen-bond acceptors (Lipinski definition) is 5. The number of hydrogen-bond donors (Lipinski definition) is 2. The van der Waals surface area contributed by atoms with Gasteiger partial charge in [0.1, 0.15) is 17.7 Å². The molecule has 2 rings (SSSR count). The van der Waals surface area contributed by atoms with Crippen molar-refractivity contribution in [1.29, 1.82) is 0 Å². The normalized spacial score (nSPS) is 17.4. The first-order valence-electron chi connectivity index (χ1n) is 8.83. The first-order chi connectivity index (χ1) is 12.9. The second kappa shape index (κ2) is 10.7. The molecule has 0 spiro atoms. The predicted octanol–water partition coefficient (Wildman–Crippen LogP) is 1.14. The highest BCUT2D eigenvalue weighted by molar-refractivity contribution is 7.99. The number of ether oxygens (including phenoxy) is 1. The highest BCUT2D eigenvalue weighted by atomic mass is 32.2. The maximum Gasteiger partial charge on any atom is 0.215 e. The van der Waals surface area contributed by atoms with Crippen LogP contribution in [0.4, 0.5) is 4.39 Å². The Morgan fingerprint density at radius 2 is 1.96 bits per heavy atom. The zero-order valence-corrected chi connectivity index (χ0v) is 17.3. The molecular weight excluding hydrogens is 391 g/mol. The molecule has 0 aliphatic carbocycles. The van der Waals surface area contributed by atoms with Gasteiger partial charge >= 0.3 is 0 Å². The number of thioether (sulfide) groups is 1. The molecule has 2 N–H and O–H groups in total. The van der Waals surface area contributed by atoms with Crippen LogP contribution in [-0.4, -0.2) is 75.3 Å². The van der Waals surface area contributed by atoms with E-state index in [1.165, 1.54) is 12.1 Å². The van der Waals surface area contributed by atoms with E-state index >= 15 is 0 Å². The summed E-state index contributed by atoms with van der Waals surface area (Å²) in [4.78, 5) is 4.09. The lowest BCUT2D eigenvalue weighted by Gasteiger charge is -2.25. The average molecular weight is 419 g/mol. The van der Waals surface area contributed by atoms with Gasteiger partial charge in [-0.05, 0) is 31.2 Å². The Morgan fingerprint density at radius 1 is 1.30 bits per heavy atom. The SMILES string of the molecule is CN=C(NCCS(=O)(=O)N1CCSCC1)NCC(C)Oc1ccc(F)cc1. The monoisotopic (exact) mass is 418 g/mol. The van der Waals surface area contributed by atoms with E-state index in [-0.39, 0.29) is 24.2 Å². The summed E-state index contributed by atoms with van der Waals surface area (Å²) >= 11 is 1.78. The first kappa shape index (κ1) is 21.8. The smallest absolute Gasteiger partial charge is 0.215 e. The average Bonchev–Trinajstić information content (AvgIpc) is 2.67. The maximum atomic E-state index is 12.9. The van der Waals surface area contributed by atoms with Crippen molar-refractivity contribution in [2.45, 2.75) is 13.0 Å². The summed E-state index contributed by atoms with van der Waals surface area (Å²) in [6.45, 7) is 3.78. The molecule has 1 aromatic rings. The largest absolute Gasteiger partial charge is 0.489 e. The van der Waals surface area contributed by atoms with Crippen molar-refractivity contribution in [3.63, 3.8) is 0 Å². The van der Waals surface area contributed by atoms with E-state index in [2.05, 4.69) is 15.6 Å². The van der Waals surface area contributed by atoms with Gasteiger partial charge in [-0.25, -0.2) is 17.1 Å². The van der Waals surface area contributed by atoms with Crippen molar-refractivity contribution < 1.29 is 17.5 Å². The van der Waals surface area contributed by atoms with Crippen molar-refractivity contribution in [3.05, 3.63) is 30.1 Å². The Balaban J connectivity index is 1.71. The van der Waals surface area contributed by atoms with Crippen LogP contribution in [0.1, 0.15) is 6.92 Å². The molecule has 0 amide bonds. The van der Waals surface area contributed by atoms with E-state index in [1.54, 1.807) is 35.2 Å². The van der Waals surface area contributed by atoms with Gasteiger partial charge in [0.15, 0.2) is 5.96 Å². The van der Waals surface area contributed by atoms with Crippen molar-refractivity contribution in [2.75, 3.05) is 50.5 Å². The van der Waals surface area contributed by atoms with E-state index in [0.29, 0.717) is 31.3 Å². The molecule has 27 heavy (non-hydrogen) atoms. The molecule has 1 heterocycles. The second-order valence-corrected chi connectivity index (χ2v) is 9.40. The van der Waals surface area contributed by atoms with Crippen LogP contribution in [0.2, 0.25) is 0 Å². The molecule has 1 aliphatic heterocycles. The summed E-state index contributed by atoms with van der Waals surface area (Å²) in [6.07, 6.45) is -0.177. The van der Waals surface area contributed by atoms with Gasteiger partial charge in [-0.3, -0.25) is 4.99 Å². The highest BCUT2D eigenvalue weighted by Crippen LogP contribution is 2.13. The quantitative estimate of drug-likeness (QED) is 0.487. The third-order valence-corrected chi connectivity index (χ3v) is 6.76. The summed E-state index contributed by atoms with van der Waals surface area (Å²) in [5.41, 5.74) is 0. The molecule has 1 atom stereocenters. The highest BCUT2D eigenvalue weighted by Gasteiger charge is 2.23. The van der Waals surface area contributed by atoms with Gasteiger partial charge in [0, 0.05) is 38.2 Å². The van der Waals surface area contributed by atoms with Gasteiger partial charge in [-0.1, -0.05) is 0 Å². The summed E-state index contributed by atoms with van der Waals surface area (Å²) in [7, 11) is -1.62. The van der Waals surface area contributed by atoms with Crippen LogP contribution in [0, 0.1) is 5.82 Å². The lowest BCUT2D eigenvalue weighted by atomic mass is 10.3. The number of benzene rings is 1. The fraction of sp³-hybridized carbons (Fsp3) is 0.588. The molecule has 1 aliphatic rings. The minimum atomic E-state index is -3.24. The lowest BCUT2D eigenvalue weighted by Crippen LogP contribution is -2.45. The molecule has 0 saturated carbocycles. The van der Waals surface area contributed by atoms with Gasteiger partial charge in [0.2, 0.25) is 10.0 Å². The van der Waals surface area contributed by atoms with Crippen molar-refractivity contribution in [3.8, 4) is 5.75 Å². The Kier molecular flexibility index (Phi) is 8.65. The molecule has 7 nitrogen and oxygen atoms in total. The van der Waals surface area contributed by atoms with Crippen LogP contribution in [0.15, 0.2) is 29.3 Å². The number of halogens is 1. The Labute approximate surface area is 164 Å². The number of aliphatic imine (C=N–C) groups is 1. The molecule has 1 saturated heterocycles. The summed E-state index contributed by atoms with van der Waals surface area (Å²) in [6, 6.07) is 5.83. The molecule has 0 aromatic heterocycles. The Bertz CT molecular complexity index is 707. The predicted molar refractivity (Wildman–Crippen MR) is 109 cm³/mol. The van der Waals surface area contributed by atoms with E-state index in [1.807, 2.05) is 6.92 Å². The van der Waals surface area contributed by atoms with Crippen LogP contribution < -0.4 is 15.4 Å². The molecule has 152 valence electrons. The van der Waals surface area contributed by atoms with Crippen molar-refractivity contribution in [1.82, 2.24) is 14.9 Å². The standard InChI is InChI=1S/C17H27FN4O3S2/c1-14(25-16-5-3-15(18)4-6-16)13-21-17(19-2)20-7-12-27(23,24)22-8-10-26-11-9-22/h3-6,14H,7-13H2,1-2H3,(H2,19,20,21). The fourth-order valence-corrected chi connectivity index (χ4v) is 4.99. The van der Waals surface area contributed by atoms with E-state index < -0.39 is 10.0 Å². The topological polar surface area (TPSA) is 83.0 Å². The van der Waals surface area contributed by atoms with Crippen LogP contribution in [-0.2, 0) is 10.0 Å². The lowest BCUT2D eigenvalue weighted by molar-refractivity contribution is 0.223. The van der Waals surface area contributed by atoms with Crippen LogP contribution in [0.25, 0.3) is 0 Å². The Hall–Kier alpha value is -1.52. The third-order valence-electron chi connectivity index (χ3n) is 3.95. The second-order valence-electron chi connectivity index (χ2n) is 6.09. The molecule has 1 fully saturated rings. The molecular formula is C17H27FN4O3S2. The Morgan fingerprint density at radius 3 is 2.59 bits per heavy atom. The van der Waals surface area contributed by atoms with E-state index in [4.69, 9.17) is 4.74 Å². The molecule has 1 aromatic carbocycles. The number of guanidine groups is 1. The third kappa shape index (κ3) is 7.55. The number of nitrogens with zero attached hydrogens (tertiary/aromatic N) is 2. The fourth-order valence-electron chi connectivity index (χ4n) is 2.50. The van der Waals surface area contributed by atoms with Crippen LogP contribution >= 0.6 is 11.8 Å². The molecule has 0 bridgehead atoms. The van der Waals surface area contributed by atoms with Gasteiger partial charge in [-0.2, -0.15) is 11.8 Å². The zero-order chi connectivity index (χ0) is 19.7. The number of sulfonamides is 1. The molecule has 10 heteroatoms. The number of rotatable bonds is 8. The zero-order valence-electron chi connectivity index (χ0n) is 15.7. The summed E-state index contributed by atoms with van der Waals surface area (Å²) in [5, 5.41) is 6.11. The molecule has 1 unspecified atom stereocenters. The van der Waals surface area contributed by atoms with Gasteiger partial charge < -0.3 is 15.4 Å². The molecule has 0 radical (unpaired) electrons. The van der Waals surface area contributed by atoms with Gasteiger partial charge in [0.25, 0.3) is 0 Å². The van der Waals surface area contributed by atoms with E-state index in [9.17, 15) is 12.8 Å². The van der Waals surface area contributed by atoms with Crippen molar-refractivity contribution in [2.24, 2.45) is 4.99 Å². The minimum absolute atomic E-state index is 0.0278. The van der Waals surface area contributed by atoms with Crippen molar-refractivity contribution >= 4 is 27.7 Å². The number of nitrogens with one attached hydrogen (secondary N) is 2.